The van der Waals surface area contributed by atoms with Crippen LogP contribution >= 0.6 is 23.2 Å². The van der Waals surface area contributed by atoms with Gasteiger partial charge in [-0.15, -0.1) is 0 Å². The molecule has 0 saturated heterocycles. The van der Waals surface area contributed by atoms with Gasteiger partial charge < -0.3 is 9.47 Å². The highest BCUT2D eigenvalue weighted by atomic mass is 35.5. The molecule has 1 aromatic rings. The third-order valence-corrected chi connectivity index (χ3v) is 2.36. The summed E-state index contributed by atoms with van der Waals surface area (Å²) >= 11 is 11.7. The van der Waals surface area contributed by atoms with Gasteiger partial charge in [-0.3, -0.25) is 0 Å². The van der Waals surface area contributed by atoms with E-state index in [9.17, 15) is 0 Å². The monoisotopic (exact) mass is 263 g/mol. The van der Waals surface area contributed by atoms with Crippen LogP contribution in [0.1, 0.15) is 19.5 Å². The molecule has 0 spiro atoms. The van der Waals surface area contributed by atoms with Gasteiger partial charge in [0.05, 0.1) is 36.6 Å². The van der Waals surface area contributed by atoms with Gasteiger partial charge >= 0.3 is 0 Å². The van der Waals surface area contributed by atoms with Gasteiger partial charge in [-0.1, -0.05) is 23.2 Å². The summed E-state index contributed by atoms with van der Waals surface area (Å²) in [5.74, 6) is 0. The van der Waals surface area contributed by atoms with Crippen LogP contribution < -0.4 is 0 Å². The molecule has 0 N–H and O–H groups in total. The SMILES string of the molecule is CC(C)OCCOCc1nc(Cl)ccc1Cl. The molecule has 90 valence electrons. The largest absolute Gasteiger partial charge is 0.376 e. The van der Waals surface area contributed by atoms with E-state index in [1.165, 1.54) is 0 Å². The number of pyridine rings is 1. The van der Waals surface area contributed by atoms with Crippen LogP contribution in [0.4, 0.5) is 0 Å². The lowest BCUT2D eigenvalue weighted by Crippen LogP contribution is -2.10. The Labute approximate surface area is 106 Å². The van der Waals surface area contributed by atoms with E-state index >= 15 is 0 Å². The average molecular weight is 264 g/mol. The summed E-state index contributed by atoms with van der Waals surface area (Å²) in [5.41, 5.74) is 0.652. The second kappa shape index (κ2) is 7.07. The van der Waals surface area contributed by atoms with Gasteiger partial charge in [-0.2, -0.15) is 0 Å². The molecule has 0 bridgehead atoms. The Morgan fingerprint density at radius 2 is 2.00 bits per heavy atom. The standard InChI is InChI=1S/C11H15Cl2NO2/c1-8(2)16-6-5-15-7-10-9(12)3-4-11(13)14-10/h3-4,8H,5-7H2,1-2H3. The molecule has 0 unspecified atom stereocenters. The molecule has 1 heterocycles. The lowest BCUT2D eigenvalue weighted by molar-refractivity contribution is 0.0136. The Morgan fingerprint density at radius 3 is 2.69 bits per heavy atom. The minimum atomic E-state index is 0.219. The molecule has 1 rings (SSSR count). The normalized spacial score (nSPS) is 11.1. The Balaban J connectivity index is 2.29. The Kier molecular flexibility index (Phi) is 6.06. The lowest BCUT2D eigenvalue weighted by atomic mass is 10.4. The number of nitrogens with zero attached hydrogens (tertiary/aromatic N) is 1. The Hall–Kier alpha value is -0.350. The maximum atomic E-state index is 5.93. The van der Waals surface area contributed by atoms with Gasteiger partial charge in [0.1, 0.15) is 5.15 Å². The maximum absolute atomic E-state index is 5.93. The molecule has 0 radical (unpaired) electrons. The van der Waals surface area contributed by atoms with Gasteiger partial charge in [0.2, 0.25) is 0 Å². The molecule has 0 saturated carbocycles. The molecule has 0 aliphatic heterocycles. The van der Waals surface area contributed by atoms with E-state index in [0.717, 1.165) is 0 Å². The van der Waals surface area contributed by atoms with Crippen molar-refractivity contribution < 1.29 is 9.47 Å². The first-order valence-electron chi connectivity index (χ1n) is 5.10. The van der Waals surface area contributed by atoms with Gasteiger partial charge in [-0.05, 0) is 26.0 Å². The van der Waals surface area contributed by atoms with Crippen LogP contribution in [0.3, 0.4) is 0 Å². The molecule has 1 aromatic heterocycles. The fourth-order valence-corrected chi connectivity index (χ4v) is 1.40. The first kappa shape index (κ1) is 13.7. The highest BCUT2D eigenvalue weighted by Gasteiger charge is 2.03. The second-order valence-corrected chi connectivity index (χ2v) is 4.33. The predicted octanol–water partition coefficient (Wildman–Crippen LogP) is 3.33. The first-order chi connectivity index (χ1) is 7.59. The first-order valence-corrected chi connectivity index (χ1v) is 5.85. The summed E-state index contributed by atoms with van der Waals surface area (Å²) in [6.07, 6.45) is 0.219. The fourth-order valence-electron chi connectivity index (χ4n) is 1.07. The number of rotatable bonds is 6. The van der Waals surface area contributed by atoms with E-state index in [0.29, 0.717) is 35.7 Å². The van der Waals surface area contributed by atoms with Crippen LogP contribution in [0.15, 0.2) is 12.1 Å². The molecule has 0 aliphatic carbocycles. The maximum Gasteiger partial charge on any atom is 0.129 e. The van der Waals surface area contributed by atoms with Gasteiger partial charge in [-0.25, -0.2) is 4.98 Å². The highest BCUT2D eigenvalue weighted by molar-refractivity contribution is 6.32. The molecule has 0 aliphatic rings. The van der Waals surface area contributed by atoms with Crippen molar-refractivity contribution >= 4 is 23.2 Å². The smallest absolute Gasteiger partial charge is 0.129 e. The van der Waals surface area contributed by atoms with E-state index in [-0.39, 0.29) is 6.10 Å². The van der Waals surface area contributed by atoms with Gasteiger partial charge in [0.15, 0.2) is 0 Å². The zero-order chi connectivity index (χ0) is 12.0. The van der Waals surface area contributed by atoms with E-state index in [4.69, 9.17) is 32.7 Å². The summed E-state index contributed by atoms with van der Waals surface area (Å²) < 4.78 is 10.7. The molecule has 0 aromatic carbocycles. The lowest BCUT2D eigenvalue weighted by Gasteiger charge is -2.08. The summed E-state index contributed by atoms with van der Waals surface area (Å²) in [5, 5.41) is 0.982. The van der Waals surface area contributed by atoms with Crippen molar-refractivity contribution in [1.29, 1.82) is 0 Å². The van der Waals surface area contributed by atoms with Crippen LogP contribution in [0, 0.1) is 0 Å². The van der Waals surface area contributed by atoms with Crippen LogP contribution in [0.5, 0.6) is 0 Å². The minimum Gasteiger partial charge on any atom is -0.376 e. The van der Waals surface area contributed by atoms with Crippen molar-refractivity contribution in [3.8, 4) is 0 Å². The molecular formula is C11H15Cl2NO2. The van der Waals surface area contributed by atoms with E-state index in [1.807, 2.05) is 13.8 Å². The minimum absolute atomic E-state index is 0.219. The van der Waals surface area contributed by atoms with Crippen LogP contribution in [0.2, 0.25) is 10.2 Å². The number of hydrogen-bond donors (Lipinski definition) is 0. The van der Waals surface area contributed by atoms with Crippen molar-refractivity contribution in [1.82, 2.24) is 4.98 Å². The highest BCUT2D eigenvalue weighted by Crippen LogP contribution is 2.17. The average Bonchev–Trinajstić information content (AvgIpc) is 2.22. The summed E-state index contributed by atoms with van der Waals surface area (Å²) in [6, 6.07) is 3.36. The van der Waals surface area contributed by atoms with Crippen LogP contribution in [-0.2, 0) is 16.1 Å². The van der Waals surface area contributed by atoms with Crippen molar-refractivity contribution in [3.05, 3.63) is 28.0 Å². The molecule has 0 amide bonds. The molecule has 16 heavy (non-hydrogen) atoms. The number of aromatic nitrogens is 1. The van der Waals surface area contributed by atoms with Crippen molar-refractivity contribution in [2.45, 2.75) is 26.6 Å². The number of ether oxygens (including phenoxy) is 2. The Morgan fingerprint density at radius 1 is 1.25 bits per heavy atom. The number of halogens is 2. The van der Waals surface area contributed by atoms with Gasteiger partial charge in [0.25, 0.3) is 0 Å². The third kappa shape index (κ3) is 5.12. The molecule has 3 nitrogen and oxygen atoms in total. The van der Waals surface area contributed by atoms with E-state index in [1.54, 1.807) is 12.1 Å². The third-order valence-electron chi connectivity index (χ3n) is 1.80. The second-order valence-electron chi connectivity index (χ2n) is 3.53. The predicted molar refractivity (Wildman–Crippen MR) is 65.0 cm³/mol. The van der Waals surface area contributed by atoms with Gasteiger partial charge in [0, 0.05) is 0 Å². The quantitative estimate of drug-likeness (QED) is 0.583. The molecule has 5 heteroatoms. The van der Waals surface area contributed by atoms with Crippen LogP contribution in [-0.4, -0.2) is 24.3 Å². The molecule has 0 fully saturated rings. The van der Waals surface area contributed by atoms with Crippen molar-refractivity contribution in [2.24, 2.45) is 0 Å². The van der Waals surface area contributed by atoms with Crippen LogP contribution in [0.25, 0.3) is 0 Å². The van der Waals surface area contributed by atoms with E-state index in [2.05, 4.69) is 4.98 Å². The summed E-state index contributed by atoms with van der Waals surface area (Å²) in [6.45, 7) is 5.39. The summed E-state index contributed by atoms with van der Waals surface area (Å²) in [4.78, 5) is 4.07. The summed E-state index contributed by atoms with van der Waals surface area (Å²) in [7, 11) is 0. The van der Waals surface area contributed by atoms with Crippen molar-refractivity contribution in [3.63, 3.8) is 0 Å². The topological polar surface area (TPSA) is 31.4 Å². The fraction of sp³-hybridized carbons (Fsp3) is 0.545. The zero-order valence-electron chi connectivity index (χ0n) is 9.37. The van der Waals surface area contributed by atoms with E-state index < -0.39 is 0 Å². The number of hydrogen-bond acceptors (Lipinski definition) is 3. The zero-order valence-corrected chi connectivity index (χ0v) is 10.9. The molecular weight excluding hydrogens is 249 g/mol. The Bertz CT molecular complexity index is 332. The van der Waals surface area contributed by atoms with Crippen molar-refractivity contribution in [2.75, 3.05) is 13.2 Å². The molecule has 0 atom stereocenters.